The van der Waals surface area contributed by atoms with E-state index >= 15 is 0 Å². The second-order valence-corrected chi connectivity index (χ2v) is 5.54. The summed E-state index contributed by atoms with van der Waals surface area (Å²) in [6.07, 6.45) is 6.25. The molecule has 0 unspecified atom stereocenters. The van der Waals surface area contributed by atoms with Gasteiger partial charge in [-0.2, -0.15) is 0 Å². The van der Waals surface area contributed by atoms with E-state index in [2.05, 4.69) is 15.3 Å². The molecule has 0 aliphatic heterocycles. The first-order chi connectivity index (χ1) is 9.70. The zero-order chi connectivity index (χ0) is 13.9. The standard InChI is InChI=1S/C15H19N3O2/c19-14(16-11-4-2-1-3-5-11)9-10-6-7-12-13(8-10)18-15(20)17-12/h6-8,11H,1-5,9H2,(H,16,19)(H2,17,18,20). The van der Waals surface area contributed by atoms with Gasteiger partial charge < -0.3 is 15.3 Å². The van der Waals surface area contributed by atoms with Gasteiger partial charge in [0.25, 0.3) is 0 Å². The Morgan fingerprint density at radius 1 is 1.15 bits per heavy atom. The molecular weight excluding hydrogens is 254 g/mol. The highest BCUT2D eigenvalue weighted by atomic mass is 16.1. The summed E-state index contributed by atoms with van der Waals surface area (Å²) in [4.78, 5) is 28.6. The smallest absolute Gasteiger partial charge is 0.323 e. The highest BCUT2D eigenvalue weighted by Crippen LogP contribution is 2.17. The summed E-state index contributed by atoms with van der Waals surface area (Å²) in [5.41, 5.74) is 2.22. The van der Waals surface area contributed by atoms with E-state index in [1.54, 1.807) is 0 Å². The van der Waals surface area contributed by atoms with Gasteiger partial charge in [0.15, 0.2) is 0 Å². The van der Waals surface area contributed by atoms with Crippen molar-refractivity contribution in [3.05, 3.63) is 34.2 Å². The Balaban J connectivity index is 1.65. The van der Waals surface area contributed by atoms with E-state index < -0.39 is 0 Å². The second kappa shape index (κ2) is 5.53. The summed E-state index contributed by atoms with van der Waals surface area (Å²) in [6, 6.07) is 5.91. The van der Waals surface area contributed by atoms with Gasteiger partial charge in [-0.05, 0) is 30.5 Å². The van der Waals surface area contributed by atoms with E-state index in [-0.39, 0.29) is 11.6 Å². The van der Waals surface area contributed by atoms with Gasteiger partial charge in [-0.15, -0.1) is 0 Å². The molecule has 1 amide bonds. The number of hydrogen-bond acceptors (Lipinski definition) is 2. The number of H-pyrrole nitrogens is 2. The fourth-order valence-electron chi connectivity index (χ4n) is 2.90. The minimum Gasteiger partial charge on any atom is -0.353 e. The molecular formula is C15H19N3O2. The zero-order valence-electron chi connectivity index (χ0n) is 11.4. The average Bonchev–Trinajstić information content (AvgIpc) is 2.79. The van der Waals surface area contributed by atoms with Crippen LogP contribution in [0.3, 0.4) is 0 Å². The topological polar surface area (TPSA) is 77.8 Å². The summed E-state index contributed by atoms with van der Waals surface area (Å²) >= 11 is 0. The number of benzene rings is 1. The van der Waals surface area contributed by atoms with Crippen LogP contribution in [-0.2, 0) is 11.2 Å². The van der Waals surface area contributed by atoms with Crippen LogP contribution in [-0.4, -0.2) is 21.9 Å². The normalized spacial score (nSPS) is 16.4. The van der Waals surface area contributed by atoms with Crippen molar-refractivity contribution in [1.82, 2.24) is 15.3 Å². The van der Waals surface area contributed by atoms with Gasteiger partial charge in [0.2, 0.25) is 5.91 Å². The molecule has 0 bridgehead atoms. The number of fused-ring (bicyclic) bond motifs is 1. The minimum atomic E-state index is -0.219. The molecule has 1 fully saturated rings. The molecule has 1 aromatic carbocycles. The maximum absolute atomic E-state index is 12.0. The number of amides is 1. The first kappa shape index (κ1) is 13.0. The number of hydrogen-bond donors (Lipinski definition) is 3. The summed E-state index contributed by atoms with van der Waals surface area (Å²) in [6.45, 7) is 0. The third kappa shape index (κ3) is 2.92. The van der Waals surface area contributed by atoms with Crippen molar-refractivity contribution < 1.29 is 4.79 Å². The largest absolute Gasteiger partial charge is 0.353 e. The van der Waals surface area contributed by atoms with Crippen LogP contribution in [0, 0.1) is 0 Å². The Hall–Kier alpha value is -2.04. The number of nitrogens with one attached hydrogen (secondary N) is 3. The lowest BCUT2D eigenvalue weighted by atomic mass is 9.95. The number of rotatable bonds is 3. The Labute approximate surface area is 116 Å². The summed E-state index contributed by atoms with van der Waals surface area (Å²) in [5.74, 6) is 0.0640. The molecule has 0 spiro atoms. The molecule has 0 radical (unpaired) electrons. The van der Waals surface area contributed by atoms with E-state index in [4.69, 9.17) is 0 Å². The molecule has 1 saturated carbocycles. The minimum absolute atomic E-state index is 0.0640. The molecule has 1 heterocycles. The third-order valence-corrected chi connectivity index (χ3v) is 3.92. The Morgan fingerprint density at radius 3 is 2.70 bits per heavy atom. The van der Waals surface area contributed by atoms with E-state index in [9.17, 15) is 9.59 Å². The van der Waals surface area contributed by atoms with Crippen molar-refractivity contribution in [2.75, 3.05) is 0 Å². The molecule has 0 saturated heterocycles. The third-order valence-electron chi connectivity index (χ3n) is 3.92. The van der Waals surface area contributed by atoms with E-state index in [1.165, 1.54) is 19.3 Å². The molecule has 0 atom stereocenters. The van der Waals surface area contributed by atoms with Crippen LogP contribution in [0.4, 0.5) is 0 Å². The van der Waals surface area contributed by atoms with Gasteiger partial charge in [-0.1, -0.05) is 25.3 Å². The summed E-state index contributed by atoms with van der Waals surface area (Å²) in [5, 5.41) is 3.10. The van der Waals surface area contributed by atoms with Crippen LogP contribution in [0.2, 0.25) is 0 Å². The quantitative estimate of drug-likeness (QED) is 0.798. The van der Waals surface area contributed by atoms with Gasteiger partial charge >= 0.3 is 5.69 Å². The van der Waals surface area contributed by atoms with E-state index in [0.717, 1.165) is 29.4 Å². The fourth-order valence-corrected chi connectivity index (χ4v) is 2.90. The number of aromatic amines is 2. The van der Waals surface area contributed by atoms with Crippen LogP contribution in [0.1, 0.15) is 37.7 Å². The Bertz CT molecular complexity index is 665. The van der Waals surface area contributed by atoms with Crippen molar-refractivity contribution in [2.24, 2.45) is 0 Å². The molecule has 5 heteroatoms. The first-order valence-corrected chi connectivity index (χ1v) is 7.21. The van der Waals surface area contributed by atoms with Crippen LogP contribution in [0.15, 0.2) is 23.0 Å². The van der Waals surface area contributed by atoms with Gasteiger partial charge in [0.1, 0.15) is 0 Å². The van der Waals surface area contributed by atoms with Gasteiger partial charge in [0.05, 0.1) is 17.5 Å². The van der Waals surface area contributed by atoms with Crippen LogP contribution >= 0.6 is 0 Å². The predicted octanol–water partition coefficient (Wildman–Crippen LogP) is 1.85. The number of aromatic nitrogens is 2. The van der Waals surface area contributed by atoms with Gasteiger partial charge in [-0.3, -0.25) is 4.79 Å². The molecule has 1 aliphatic rings. The summed E-state index contributed by atoms with van der Waals surface area (Å²) in [7, 11) is 0. The molecule has 5 nitrogen and oxygen atoms in total. The van der Waals surface area contributed by atoms with Crippen molar-refractivity contribution in [1.29, 1.82) is 0 Å². The van der Waals surface area contributed by atoms with Gasteiger partial charge in [0, 0.05) is 6.04 Å². The van der Waals surface area contributed by atoms with E-state index in [0.29, 0.717) is 12.5 Å². The van der Waals surface area contributed by atoms with Crippen LogP contribution in [0.25, 0.3) is 11.0 Å². The van der Waals surface area contributed by atoms with Crippen molar-refractivity contribution in [2.45, 2.75) is 44.6 Å². The monoisotopic (exact) mass is 273 g/mol. The lowest BCUT2D eigenvalue weighted by Gasteiger charge is -2.22. The molecule has 106 valence electrons. The number of carbonyl (C=O) groups is 1. The molecule has 1 aromatic heterocycles. The summed E-state index contributed by atoms with van der Waals surface area (Å²) < 4.78 is 0. The maximum atomic E-state index is 12.0. The Morgan fingerprint density at radius 2 is 1.90 bits per heavy atom. The maximum Gasteiger partial charge on any atom is 0.323 e. The predicted molar refractivity (Wildman–Crippen MR) is 77.6 cm³/mol. The molecule has 3 rings (SSSR count). The highest BCUT2D eigenvalue weighted by molar-refractivity contribution is 5.81. The highest BCUT2D eigenvalue weighted by Gasteiger charge is 2.15. The fraction of sp³-hybridized carbons (Fsp3) is 0.467. The van der Waals surface area contributed by atoms with Crippen LogP contribution in [0.5, 0.6) is 0 Å². The molecule has 1 aliphatic carbocycles. The van der Waals surface area contributed by atoms with Crippen molar-refractivity contribution in [3.8, 4) is 0 Å². The molecule has 20 heavy (non-hydrogen) atoms. The molecule has 3 N–H and O–H groups in total. The van der Waals surface area contributed by atoms with Gasteiger partial charge in [-0.25, -0.2) is 4.79 Å². The lowest BCUT2D eigenvalue weighted by molar-refractivity contribution is -0.121. The number of imidazole rings is 1. The lowest BCUT2D eigenvalue weighted by Crippen LogP contribution is -2.37. The van der Waals surface area contributed by atoms with E-state index in [1.807, 2.05) is 18.2 Å². The van der Waals surface area contributed by atoms with Crippen LogP contribution < -0.4 is 11.0 Å². The second-order valence-electron chi connectivity index (χ2n) is 5.54. The average molecular weight is 273 g/mol. The zero-order valence-corrected chi connectivity index (χ0v) is 11.4. The number of carbonyl (C=O) groups excluding carboxylic acids is 1. The molecule has 2 aromatic rings. The Kier molecular flexibility index (Phi) is 3.58. The SMILES string of the molecule is O=C(Cc1ccc2[nH]c(=O)[nH]c2c1)NC1CCCCC1. The van der Waals surface area contributed by atoms with Crippen molar-refractivity contribution in [3.63, 3.8) is 0 Å². The first-order valence-electron chi connectivity index (χ1n) is 7.21. The van der Waals surface area contributed by atoms with Crippen molar-refractivity contribution >= 4 is 16.9 Å².